The highest BCUT2D eigenvalue weighted by Gasteiger charge is 2.33. The van der Waals surface area contributed by atoms with Crippen molar-refractivity contribution >= 4 is 63.5 Å². The van der Waals surface area contributed by atoms with E-state index in [2.05, 4.69) is 5.32 Å². The van der Waals surface area contributed by atoms with Crippen molar-refractivity contribution in [3.8, 4) is 5.75 Å². The van der Waals surface area contributed by atoms with Crippen LogP contribution in [0.1, 0.15) is 5.56 Å². The molecule has 0 saturated carbocycles. The Morgan fingerprint density at radius 1 is 1.27 bits per heavy atom. The van der Waals surface area contributed by atoms with Gasteiger partial charge in [0, 0.05) is 16.8 Å². The summed E-state index contributed by atoms with van der Waals surface area (Å²) in [6, 6.07) is 13.3. The predicted octanol–water partition coefficient (Wildman–Crippen LogP) is 3.89. The number of benzene rings is 2. The molecule has 1 heterocycles. The van der Waals surface area contributed by atoms with Gasteiger partial charge in [0.1, 0.15) is 16.6 Å². The minimum Gasteiger partial charge on any atom is -0.508 e. The summed E-state index contributed by atoms with van der Waals surface area (Å²) in [7, 11) is 0. The van der Waals surface area contributed by atoms with Gasteiger partial charge in [-0.1, -0.05) is 59.8 Å². The number of phenolic OH excluding ortho intramolecular Hbond substituents is 1. The molecule has 26 heavy (non-hydrogen) atoms. The molecule has 0 aliphatic carbocycles. The lowest BCUT2D eigenvalue weighted by Crippen LogP contribution is -2.36. The smallest absolute Gasteiger partial charge is 0.266 e. The third-order valence-electron chi connectivity index (χ3n) is 3.50. The average Bonchev–Trinajstić information content (AvgIpc) is 2.84. The lowest BCUT2D eigenvalue weighted by atomic mass is 10.2. The van der Waals surface area contributed by atoms with Gasteiger partial charge in [-0.25, -0.2) is 0 Å². The van der Waals surface area contributed by atoms with Crippen molar-refractivity contribution < 1.29 is 14.7 Å². The zero-order valence-electron chi connectivity index (χ0n) is 13.3. The van der Waals surface area contributed by atoms with E-state index >= 15 is 0 Å². The maximum atomic E-state index is 12.6. The number of carbonyl (C=O) groups is 2. The minimum atomic E-state index is -0.411. The van der Waals surface area contributed by atoms with Crippen LogP contribution in [0.4, 0.5) is 5.69 Å². The van der Waals surface area contributed by atoms with Gasteiger partial charge in [0.2, 0.25) is 5.91 Å². The molecule has 8 heteroatoms. The number of hydrogen-bond donors (Lipinski definition) is 2. The van der Waals surface area contributed by atoms with Gasteiger partial charge in [0.25, 0.3) is 5.91 Å². The van der Waals surface area contributed by atoms with Crippen LogP contribution in [-0.4, -0.2) is 32.7 Å². The first-order valence-electron chi connectivity index (χ1n) is 7.53. The van der Waals surface area contributed by atoms with E-state index in [1.165, 1.54) is 17.0 Å². The topological polar surface area (TPSA) is 69.6 Å². The van der Waals surface area contributed by atoms with Crippen molar-refractivity contribution in [2.75, 3.05) is 11.9 Å². The van der Waals surface area contributed by atoms with Crippen molar-refractivity contribution in [1.82, 2.24) is 4.90 Å². The van der Waals surface area contributed by atoms with E-state index in [1.807, 2.05) is 6.07 Å². The molecule has 0 unspecified atom stereocenters. The second kappa shape index (κ2) is 7.90. The molecular weight excluding hydrogens is 392 g/mol. The first kappa shape index (κ1) is 18.4. The van der Waals surface area contributed by atoms with E-state index in [4.69, 9.17) is 23.8 Å². The third kappa shape index (κ3) is 4.24. The van der Waals surface area contributed by atoms with E-state index in [0.717, 1.165) is 11.8 Å². The first-order valence-corrected chi connectivity index (χ1v) is 9.13. The highest BCUT2D eigenvalue weighted by molar-refractivity contribution is 8.26. The van der Waals surface area contributed by atoms with Crippen LogP contribution in [0.2, 0.25) is 5.02 Å². The fourth-order valence-electron chi connectivity index (χ4n) is 2.30. The number of phenols is 1. The van der Waals surface area contributed by atoms with Crippen molar-refractivity contribution in [3.05, 3.63) is 64.0 Å². The summed E-state index contributed by atoms with van der Waals surface area (Å²) in [5.41, 5.74) is 1.14. The Kier molecular flexibility index (Phi) is 5.61. The SMILES string of the molecule is O=C(CN1C(=O)/C(=C\c2ccccc2Cl)SC1=S)Nc1cccc(O)c1. The number of rotatable bonds is 4. The van der Waals surface area contributed by atoms with Crippen LogP contribution in [-0.2, 0) is 9.59 Å². The van der Waals surface area contributed by atoms with Gasteiger partial charge in [-0.05, 0) is 29.8 Å². The van der Waals surface area contributed by atoms with Crippen molar-refractivity contribution in [3.63, 3.8) is 0 Å². The molecule has 2 amide bonds. The molecule has 132 valence electrons. The third-order valence-corrected chi connectivity index (χ3v) is 5.22. The fourth-order valence-corrected chi connectivity index (χ4v) is 3.73. The van der Waals surface area contributed by atoms with Crippen molar-refractivity contribution in [1.29, 1.82) is 0 Å². The number of hydrogen-bond acceptors (Lipinski definition) is 5. The van der Waals surface area contributed by atoms with E-state index in [0.29, 0.717) is 25.5 Å². The van der Waals surface area contributed by atoms with Crippen LogP contribution < -0.4 is 5.32 Å². The van der Waals surface area contributed by atoms with Crippen LogP contribution in [0, 0.1) is 0 Å². The zero-order chi connectivity index (χ0) is 18.7. The fraction of sp³-hybridized carbons (Fsp3) is 0.0556. The first-order chi connectivity index (χ1) is 12.4. The summed E-state index contributed by atoms with van der Waals surface area (Å²) in [6.07, 6.45) is 1.66. The van der Waals surface area contributed by atoms with Gasteiger partial charge < -0.3 is 10.4 Å². The molecule has 0 bridgehead atoms. The highest BCUT2D eigenvalue weighted by atomic mass is 35.5. The number of nitrogens with zero attached hydrogens (tertiary/aromatic N) is 1. The summed E-state index contributed by atoms with van der Waals surface area (Å²) in [4.78, 5) is 26.4. The molecule has 0 aromatic heterocycles. The molecule has 2 aromatic carbocycles. The summed E-state index contributed by atoms with van der Waals surface area (Å²) in [5.74, 6) is -0.715. The number of anilines is 1. The van der Waals surface area contributed by atoms with Crippen molar-refractivity contribution in [2.45, 2.75) is 0 Å². The zero-order valence-corrected chi connectivity index (χ0v) is 15.7. The number of thioether (sulfide) groups is 1. The lowest BCUT2D eigenvalue weighted by Gasteiger charge is -2.14. The standard InChI is InChI=1S/C18H13ClN2O3S2/c19-14-7-2-1-4-11(14)8-15-17(24)21(18(25)26-15)10-16(23)20-12-5-3-6-13(22)9-12/h1-9,22H,10H2,(H,20,23)/b15-8+. The number of nitrogens with one attached hydrogen (secondary N) is 1. The number of halogens is 1. The molecular formula is C18H13ClN2O3S2. The molecule has 0 atom stereocenters. The maximum Gasteiger partial charge on any atom is 0.266 e. The Balaban J connectivity index is 1.71. The predicted molar refractivity (Wildman–Crippen MR) is 108 cm³/mol. The summed E-state index contributed by atoms with van der Waals surface area (Å²) in [5, 5.41) is 12.6. The van der Waals surface area contributed by atoms with E-state index < -0.39 is 5.91 Å². The van der Waals surface area contributed by atoms with E-state index in [-0.39, 0.29) is 18.2 Å². The summed E-state index contributed by atoms with van der Waals surface area (Å²) < 4.78 is 0.305. The molecule has 2 aromatic rings. The Hall–Kier alpha value is -2.35. The molecule has 3 rings (SSSR count). The van der Waals surface area contributed by atoms with E-state index in [1.54, 1.807) is 36.4 Å². The Labute approximate surface area is 164 Å². The molecule has 1 fully saturated rings. The molecule has 0 spiro atoms. The average molecular weight is 405 g/mol. The van der Waals surface area contributed by atoms with Crippen molar-refractivity contribution in [2.24, 2.45) is 0 Å². The second-order valence-corrected chi connectivity index (χ2v) is 7.47. The monoisotopic (exact) mass is 404 g/mol. The number of carbonyl (C=O) groups excluding carboxylic acids is 2. The van der Waals surface area contributed by atoms with Gasteiger partial charge >= 0.3 is 0 Å². The van der Waals surface area contributed by atoms with Crippen LogP contribution in [0.3, 0.4) is 0 Å². The highest BCUT2D eigenvalue weighted by Crippen LogP contribution is 2.33. The largest absolute Gasteiger partial charge is 0.508 e. The Morgan fingerprint density at radius 3 is 2.77 bits per heavy atom. The molecule has 0 radical (unpaired) electrons. The van der Waals surface area contributed by atoms with Crippen LogP contribution in [0.25, 0.3) is 6.08 Å². The van der Waals surface area contributed by atoms with Gasteiger partial charge in [-0.15, -0.1) is 0 Å². The summed E-state index contributed by atoms with van der Waals surface area (Å²) >= 11 is 12.5. The van der Waals surface area contributed by atoms with Gasteiger partial charge in [0.05, 0.1) is 4.91 Å². The number of aromatic hydroxyl groups is 1. The quantitative estimate of drug-likeness (QED) is 0.597. The normalized spacial score (nSPS) is 15.6. The van der Waals surface area contributed by atoms with Crippen LogP contribution in [0.15, 0.2) is 53.4 Å². The summed E-state index contributed by atoms with van der Waals surface area (Å²) in [6.45, 7) is -0.208. The Bertz CT molecular complexity index is 930. The number of amides is 2. The van der Waals surface area contributed by atoms with Crippen LogP contribution >= 0.6 is 35.6 Å². The maximum absolute atomic E-state index is 12.6. The van der Waals surface area contributed by atoms with Gasteiger partial charge in [0.15, 0.2) is 0 Å². The van der Waals surface area contributed by atoms with Gasteiger partial charge in [-0.3, -0.25) is 14.5 Å². The lowest BCUT2D eigenvalue weighted by molar-refractivity contribution is -0.126. The van der Waals surface area contributed by atoms with Crippen LogP contribution in [0.5, 0.6) is 5.75 Å². The molecule has 5 nitrogen and oxygen atoms in total. The Morgan fingerprint density at radius 2 is 2.04 bits per heavy atom. The minimum absolute atomic E-state index is 0.0380. The second-order valence-electron chi connectivity index (χ2n) is 5.39. The molecule has 2 N–H and O–H groups in total. The van der Waals surface area contributed by atoms with E-state index in [9.17, 15) is 14.7 Å². The molecule has 1 aliphatic rings. The molecule has 1 saturated heterocycles. The molecule has 1 aliphatic heterocycles. The number of thiocarbonyl (C=S) groups is 1. The van der Waals surface area contributed by atoms with Gasteiger partial charge in [-0.2, -0.15) is 0 Å².